The number of hydrogen-bond donors (Lipinski definition) is 2. The van der Waals surface area contributed by atoms with Crippen LogP contribution < -0.4 is 10.6 Å². The van der Waals surface area contributed by atoms with E-state index in [1.54, 1.807) is 5.32 Å². The van der Waals surface area contributed by atoms with Crippen LogP contribution in [0.3, 0.4) is 0 Å². The van der Waals surface area contributed by atoms with Gasteiger partial charge < -0.3 is 10.6 Å². The van der Waals surface area contributed by atoms with Gasteiger partial charge in [0.05, 0.1) is 21.2 Å². The van der Waals surface area contributed by atoms with Gasteiger partial charge in [-0.05, 0) is 49.2 Å². The smallest absolute Gasteiger partial charge is 0.345 e. The Bertz CT molecular complexity index is 1280. The van der Waals surface area contributed by atoms with Crippen molar-refractivity contribution in [3.05, 3.63) is 74.3 Å². The highest BCUT2D eigenvalue weighted by atomic mass is 35.5. The lowest BCUT2D eigenvalue weighted by atomic mass is 9.94. The number of halogens is 12. The summed E-state index contributed by atoms with van der Waals surface area (Å²) in [4.78, 5) is 24.1. The first-order chi connectivity index (χ1) is 18.1. The molecule has 4 nitrogen and oxygen atoms in total. The topological polar surface area (TPSA) is 58.2 Å². The molecule has 16 heteroatoms. The largest absolute Gasteiger partial charge is 0.417 e. The van der Waals surface area contributed by atoms with Gasteiger partial charge in [-0.3, -0.25) is 9.59 Å². The number of amides is 2. The zero-order valence-electron chi connectivity index (χ0n) is 20.2. The first-order valence-corrected chi connectivity index (χ1v) is 11.6. The summed E-state index contributed by atoms with van der Waals surface area (Å²) in [6.07, 6.45) is -15.2. The van der Waals surface area contributed by atoms with Crippen LogP contribution in [0.4, 0.5) is 43.9 Å². The summed E-state index contributed by atoms with van der Waals surface area (Å²) in [5.41, 5.74) is -4.32. The first-order valence-electron chi connectivity index (χ1n) is 10.9. The summed E-state index contributed by atoms with van der Waals surface area (Å²) in [6.45, 7) is 0.474. The van der Waals surface area contributed by atoms with E-state index in [1.807, 2.05) is 0 Å². The molecule has 0 heterocycles. The lowest BCUT2D eigenvalue weighted by Gasteiger charge is -2.20. The maximum atomic E-state index is 15.0. The molecule has 2 aromatic carbocycles. The van der Waals surface area contributed by atoms with Gasteiger partial charge in [0.2, 0.25) is 5.91 Å². The Morgan fingerprint density at radius 3 is 2.08 bits per heavy atom. The summed E-state index contributed by atoms with van der Waals surface area (Å²) in [5.74, 6) is -7.28. The standard InChI is InChI=1S/C24H18Cl2F10N2O2/c1-10-5-13(7-17(25)19(10)26)15(23(31,32)33)8-18(27)12-3-4-14(16(6-12)24(34,35)36)21(40)38-11(2)20(39)37-9-22(28,29)30/h3-8,11,15H,9H2,1-2H3,(H,37,39)(H,38,40)/b18-8-/t11-,15?/m1/s1. The number of nitrogens with one attached hydrogen (secondary N) is 2. The number of carbonyl (C=O) groups excluding carboxylic acids is 2. The molecule has 40 heavy (non-hydrogen) atoms. The van der Waals surface area contributed by atoms with Crippen molar-refractivity contribution in [2.45, 2.75) is 44.3 Å². The Kier molecular flexibility index (Phi) is 10.2. The summed E-state index contributed by atoms with van der Waals surface area (Å²) in [7, 11) is 0. The highest BCUT2D eigenvalue weighted by molar-refractivity contribution is 6.42. The fourth-order valence-electron chi connectivity index (χ4n) is 3.36. The van der Waals surface area contributed by atoms with Gasteiger partial charge in [0.15, 0.2) is 0 Å². The summed E-state index contributed by atoms with van der Waals surface area (Å²) < 4.78 is 134. The van der Waals surface area contributed by atoms with Crippen LogP contribution in [0.5, 0.6) is 0 Å². The normalized spacial score (nSPS) is 14.5. The molecular formula is C24H18Cl2F10N2O2. The van der Waals surface area contributed by atoms with E-state index in [2.05, 4.69) is 0 Å². The minimum Gasteiger partial charge on any atom is -0.345 e. The maximum absolute atomic E-state index is 15.0. The van der Waals surface area contributed by atoms with Crippen molar-refractivity contribution in [1.82, 2.24) is 10.6 Å². The molecule has 2 rings (SSSR count). The van der Waals surface area contributed by atoms with Crippen LogP contribution >= 0.6 is 23.2 Å². The van der Waals surface area contributed by atoms with Crippen molar-refractivity contribution < 1.29 is 53.5 Å². The van der Waals surface area contributed by atoms with Gasteiger partial charge in [0.25, 0.3) is 5.91 Å². The number of hydrogen-bond acceptors (Lipinski definition) is 2. The molecule has 0 aliphatic heterocycles. The van der Waals surface area contributed by atoms with Crippen LogP contribution in [0.25, 0.3) is 5.83 Å². The van der Waals surface area contributed by atoms with E-state index in [0.29, 0.717) is 12.1 Å². The molecule has 220 valence electrons. The first kappa shape index (κ1) is 33.2. The van der Waals surface area contributed by atoms with E-state index in [4.69, 9.17) is 23.2 Å². The summed E-state index contributed by atoms with van der Waals surface area (Å²) in [5, 5.41) is 2.90. The van der Waals surface area contributed by atoms with E-state index < -0.39 is 76.9 Å². The van der Waals surface area contributed by atoms with Gasteiger partial charge in [-0.25, -0.2) is 4.39 Å². The molecule has 0 saturated carbocycles. The fraction of sp³-hybridized carbons (Fsp3) is 0.333. The van der Waals surface area contributed by atoms with Crippen LogP contribution in [0.2, 0.25) is 10.0 Å². The molecule has 2 amide bonds. The van der Waals surface area contributed by atoms with E-state index in [0.717, 1.165) is 19.1 Å². The predicted molar refractivity (Wildman–Crippen MR) is 127 cm³/mol. The Morgan fingerprint density at radius 1 is 0.975 bits per heavy atom. The summed E-state index contributed by atoms with van der Waals surface area (Å²) in [6, 6.07) is 1.23. The molecule has 0 aromatic heterocycles. The highest BCUT2D eigenvalue weighted by Crippen LogP contribution is 2.42. The van der Waals surface area contributed by atoms with Gasteiger partial charge in [-0.2, -0.15) is 39.5 Å². The molecule has 0 radical (unpaired) electrons. The molecular weight excluding hydrogens is 609 g/mol. The van der Waals surface area contributed by atoms with Gasteiger partial charge in [0.1, 0.15) is 24.3 Å². The van der Waals surface area contributed by atoms with E-state index in [1.165, 1.54) is 12.2 Å². The third kappa shape index (κ3) is 8.75. The molecule has 2 aromatic rings. The Morgan fingerprint density at radius 2 is 1.57 bits per heavy atom. The maximum Gasteiger partial charge on any atom is 0.417 e. The predicted octanol–water partition coefficient (Wildman–Crippen LogP) is 7.77. The lowest BCUT2D eigenvalue weighted by molar-refractivity contribution is -0.140. The Balaban J connectivity index is 2.45. The molecule has 0 saturated heterocycles. The van der Waals surface area contributed by atoms with Crippen molar-refractivity contribution in [3.63, 3.8) is 0 Å². The van der Waals surface area contributed by atoms with Crippen LogP contribution in [0, 0.1) is 6.92 Å². The molecule has 0 fully saturated rings. The zero-order chi connectivity index (χ0) is 30.8. The minimum atomic E-state index is -5.32. The number of rotatable bonds is 7. The van der Waals surface area contributed by atoms with Crippen molar-refractivity contribution in [1.29, 1.82) is 0 Å². The fourth-order valence-corrected chi connectivity index (χ4v) is 3.74. The van der Waals surface area contributed by atoms with Crippen molar-refractivity contribution >= 4 is 40.8 Å². The van der Waals surface area contributed by atoms with Gasteiger partial charge in [-0.15, -0.1) is 0 Å². The third-order valence-electron chi connectivity index (χ3n) is 5.31. The molecule has 0 aliphatic carbocycles. The number of carbonyl (C=O) groups is 2. The Hall–Kier alpha value is -3.00. The second-order valence-electron chi connectivity index (χ2n) is 8.45. The van der Waals surface area contributed by atoms with Gasteiger partial charge in [-0.1, -0.05) is 35.3 Å². The molecule has 0 bridgehead atoms. The quantitative estimate of drug-likeness (QED) is 0.309. The van der Waals surface area contributed by atoms with Crippen molar-refractivity contribution in [2.75, 3.05) is 6.54 Å². The number of allylic oxidation sites excluding steroid dienone is 1. The van der Waals surface area contributed by atoms with Crippen LogP contribution in [-0.4, -0.2) is 36.8 Å². The van der Waals surface area contributed by atoms with E-state index >= 15 is 0 Å². The molecule has 1 unspecified atom stereocenters. The second kappa shape index (κ2) is 12.2. The Labute approximate surface area is 230 Å². The number of aryl methyl sites for hydroxylation is 1. The van der Waals surface area contributed by atoms with Crippen LogP contribution in [0.15, 0.2) is 36.4 Å². The molecule has 0 spiro atoms. The van der Waals surface area contributed by atoms with Crippen molar-refractivity contribution in [2.24, 2.45) is 0 Å². The lowest BCUT2D eigenvalue weighted by Crippen LogP contribution is -2.47. The average Bonchev–Trinajstić information content (AvgIpc) is 2.81. The monoisotopic (exact) mass is 626 g/mol. The van der Waals surface area contributed by atoms with E-state index in [9.17, 15) is 53.5 Å². The average molecular weight is 627 g/mol. The SMILES string of the molecule is Cc1cc(C(/C=C(\F)c2ccc(C(=O)N[C@H](C)C(=O)NCC(F)(F)F)c(C(F)(F)F)c2)C(F)(F)F)cc(Cl)c1Cl. The van der Waals surface area contributed by atoms with Crippen LogP contribution in [0.1, 0.15) is 45.5 Å². The van der Waals surface area contributed by atoms with E-state index in [-0.39, 0.29) is 27.8 Å². The number of benzene rings is 2. The van der Waals surface area contributed by atoms with Crippen LogP contribution in [-0.2, 0) is 11.0 Å². The zero-order valence-corrected chi connectivity index (χ0v) is 21.7. The third-order valence-corrected chi connectivity index (χ3v) is 6.20. The van der Waals surface area contributed by atoms with Gasteiger partial charge >= 0.3 is 18.5 Å². The van der Waals surface area contributed by atoms with Gasteiger partial charge in [0, 0.05) is 5.56 Å². The second-order valence-corrected chi connectivity index (χ2v) is 9.24. The highest BCUT2D eigenvalue weighted by Gasteiger charge is 2.41. The number of alkyl halides is 9. The molecule has 0 aliphatic rings. The molecule has 2 N–H and O–H groups in total. The molecule has 2 atom stereocenters. The minimum absolute atomic E-state index is 0.0291. The summed E-state index contributed by atoms with van der Waals surface area (Å²) >= 11 is 11.7. The van der Waals surface area contributed by atoms with Crippen molar-refractivity contribution in [3.8, 4) is 0 Å².